The number of alkyl halides is 3. The third-order valence-corrected chi connectivity index (χ3v) is 3.60. The van der Waals surface area contributed by atoms with Gasteiger partial charge in [-0.15, -0.1) is 0 Å². The van der Waals surface area contributed by atoms with Gasteiger partial charge in [0.25, 0.3) is 0 Å². The lowest BCUT2D eigenvalue weighted by Gasteiger charge is -2.29. The molecule has 0 aliphatic carbocycles. The van der Waals surface area contributed by atoms with Crippen LogP contribution in [0.2, 0.25) is 0 Å². The average Bonchev–Trinajstić information content (AvgIpc) is 2.93. The van der Waals surface area contributed by atoms with Gasteiger partial charge in [0.15, 0.2) is 5.82 Å². The quantitative estimate of drug-likeness (QED) is 0.832. The molecule has 136 valence electrons. The number of nitrogens with zero attached hydrogens (tertiary/aromatic N) is 2. The first-order valence-corrected chi connectivity index (χ1v) is 7.32. The SMILES string of the molecule is COCc1cccc(NC(=O)CC(O)(c2nccn2C)C(F)(F)F)c1. The van der Waals surface area contributed by atoms with Gasteiger partial charge >= 0.3 is 6.18 Å². The predicted octanol–water partition coefficient (Wildman–Crippen LogP) is 2.35. The minimum atomic E-state index is -5.07. The Bertz CT molecular complexity index is 745. The number of amides is 1. The first kappa shape index (κ1) is 18.9. The second kappa shape index (κ2) is 7.24. The van der Waals surface area contributed by atoms with E-state index in [0.29, 0.717) is 12.3 Å². The van der Waals surface area contributed by atoms with Gasteiger partial charge in [-0.3, -0.25) is 4.79 Å². The monoisotopic (exact) mass is 357 g/mol. The molecule has 1 heterocycles. The average molecular weight is 357 g/mol. The summed E-state index contributed by atoms with van der Waals surface area (Å²) < 4.78 is 46.2. The number of carbonyl (C=O) groups is 1. The van der Waals surface area contributed by atoms with Gasteiger partial charge in [-0.1, -0.05) is 12.1 Å². The Kier molecular flexibility index (Phi) is 5.48. The summed E-state index contributed by atoms with van der Waals surface area (Å²) >= 11 is 0. The van der Waals surface area contributed by atoms with Crippen LogP contribution < -0.4 is 5.32 Å². The highest BCUT2D eigenvalue weighted by Gasteiger charge is 2.58. The van der Waals surface area contributed by atoms with E-state index in [-0.39, 0.29) is 0 Å². The van der Waals surface area contributed by atoms with Crippen molar-refractivity contribution >= 4 is 11.6 Å². The fraction of sp³-hybridized carbons (Fsp3) is 0.375. The van der Waals surface area contributed by atoms with Crippen LogP contribution in [0.5, 0.6) is 0 Å². The van der Waals surface area contributed by atoms with Crippen LogP contribution in [0.4, 0.5) is 18.9 Å². The molecule has 0 spiro atoms. The fourth-order valence-electron chi connectivity index (χ4n) is 2.41. The first-order valence-electron chi connectivity index (χ1n) is 7.32. The summed E-state index contributed by atoms with van der Waals surface area (Å²) in [7, 11) is 2.81. The van der Waals surface area contributed by atoms with E-state index in [1.807, 2.05) is 0 Å². The molecule has 0 fully saturated rings. The number of aromatic nitrogens is 2. The Morgan fingerprint density at radius 2 is 2.12 bits per heavy atom. The molecule has 0 aliphatic heterocycles. The molecule has 2 aromatic rings. The second-order valence-corrected chi connectivity index (χ2v) is 5.58. The molecule has 1 aromatic carbocycles. The van der Waals surface area contributed by atoms with E-state index < -0.39 is 29.9 Å². The van der Waals surface area contributed by atoms with Crippen LogP contribution in [0.25, 0.3) is 0 Å². The van der Waals surface area contributed by atoms with Gasteiger partial charge in [0, 0.05) is 32.2 Å². The Morgan fingerprint density at radius 3 is 2.68 bits per heavy atom. The summed E-state index contributed by atoms with van der Waals surface area (Å²) in [6, 6.07) is 6.50. The maximum absolute atomic E-state index is 13.4. The standard InChI is InChI=1S/C16H18F3N3O3/c1-22-7-6-20-14(22)15(24,16(17,18)19)9-13(23)21-12-5-3-4-11(8-12)10-25-2/h3-8,24H,9-10H2,1-2H3,(H,21,23). The molecule has 0 aliphatic rings. The van der Waals surface area contributed by atoms with Crippen LogP contribution in [-0.2, 0) is 28.8 Å². The highest BCUT2D eigenvalue weighted by atomic mass is 19.4. The van der Waals surface area contributed by atoms with Crippen LogP contribution in [0.1, 0.15) is 17.8 Å². The number of hydrogen-bond acceptors (Lipinski definition) is 4. The molecule has 0 saturated heterocycles. The van der Waals surface area contributed by atoms with Crippen LogP contribution >= 0.6 is 0 Å². The largest absolute Gasteiger partial charge is 0.425 e. The van der Waals surface area contributed by atoms with E-state index in [0.717, 1.165) is 16.3 Å². The molecule has 1 aromatic heterocycles. The maximum atomic E-state index is 13.4. The third kappa shape index (κ3) is 4.18. The molecule has 0 bridgehead atoms. The summed E-state index contributed by atoms with van der Waals surface area (Å²) in [5, 5.41) is 12.5. The van der Waals surface area contributed by atoms with Crippen molar-refractivity contribution < 1.29 is 27.8 Å². The lowest BCUT2D eigenvalue weighted by atomic mass is 9.97. The number of aliphatic hydroxyl groups is 1. The predicted molar refractivity (Wildman–Crippen MR) is 83.6 cm³/mol. The van der Waals surface area contributed by atoms with Crippen molar-refractivity contribution in [2.24, 2.45) is 7.05 Å². The zero-order valence-electron chi connectivity index (χ0n) is 13.7. The molecule has 6 nitrogen and oxygen atoms in total. The van der Waals surface area contributed by atoms with E-state index in [1.54, 1.807) is 18.2 Å². The molecule has 0 radical (unpaired) electrons. The number of rotatable bonds is 6. The van der Waals surface area contributed by atoms with Crippen molar-refractivity contribution in [3.63, 3.8) is 0 Å². The number of hydrogen-bond donors (Lipinski definition) is 2. The zero-order chi connectivity index (χ0) is 18.7. The summed E-state index contributed by atoms with van der Waals surface area (Å²) in [5.74, 6) is -1.64. The molecular weight excluding hydrogens is 339 g/mol. The molecule has 2 N–H and O–H groups in total. The van der Waals surface area contributed by atoms with Gasteiger partial charge in [0.05, 0.1) is 13.0 Å². The van der Waals surface area contributed by atoms with Crippen molar-refractivity contribution in [1.29, 1.82) is 0 Å². The van der Waals surface area contributed by atoms with Gasteiger partial charge in [0.2, 0.25) is 11.5 Å². The Labute approximate surface area is 142 Å². The molecule has 1 amide bonds. The number of ether oxygens (including phenoxy) is 1. The third-order valence-electron chi connectivity index (χ3n) is 3.60. The number of halogens is 3. The fourth-order valence-corrected chi connectivity index (χ4v) is 2.41. The molecule has 25 heavy (non-hydrogen) atoms. The lowest BCUT2D eigenvalue weighted by molar-refractivity contribution is -0.270. The van der Waals surface area contributed by atoms with Crippen LogP contribution in [0.15, 0.2) is 36.7 Å². The minimum Gasteiger partial charge on any atom is -0.380 e. The number of nitrogens with one attached hydrogen (secondary N) is 1. The molecule has 9 heteroatoms. The van der Waals surface area contributed by atoms with E-state index in [1.165, 1.54) is 26.4 Å². The van der Waals surface area contributed by atoms with E-state index in [4.69, 9.17) is 4.74 Å². The summed E-state index contributed by atoms with van der Waals surface area (Å²) in [6.07, 6.45) is -3.90. The number of methoxy groups -OCH3 is 1. The van der Waals surface area contributed by atoms with Crippen molar-refractivity contribution in [2.45, 2.75) is 24.8 Å². The Balaban J connectivity index is 2.21. The van der Waals surface area contributed by atoms with Gasteiger partial charge in [-0.25, -0.2) is 4.98 Å². The van der Waals surface area contributed by atoms with Crippen LogP contribution in [0.3, 0.4) is 0 Å². The van der Waals surface area contributed by atoms with Crippen molar-refractivity contribution in [1.82, 2.24) is 9.55 Å². The van der Waals surface area contributed by atoms with Crippen LogP contribution in [-0.4, -0.2) is 33.9 Å². The van der Waals surface area contributed by atoms with Gasteiger partial charge in [-0.05, 0) is 17.7 Å². The summed E-state index contributed by atoms with van der Waals surface area (Å²) in [6.45, 7) is 0.295. The molecule has 1 atom stereocenters. The highest BCUT2D eigenvalue weighted by molar-refractivity contribution is 5.91. The maximum Gasteiger partial charge on any atom is 0.425 e. The first-order chi connectivity index (χ1) is 11.7. The minimum absolute atomic E-state index is 0.295. The molecule has 0 saturated carbocycles. The van der Waals surface area contributed by atoms with Gasteiger partial charge in [-0.2, -0.15) is 13.2 Å². The van der Waals surface area contributed by atoms with Crippen molar-refractivity contribution in [3.05, 3.63) is 48.0 Å². The number of imidazole rings is 1. The zero-order valence-corrected chi connectivity index (χ0v) is 13.7. The smallest absolute Gasteiger partial charge is 0.380 e. The van der Waals surface area contributed by atoms with Gasteiger partial charge < -0.3 is 19.7 Å². The Hall–Kier alpha value is -2.39. The van der Waals surface area contributed by atoms with Crippen LogP contribution in [0, 0.1) is 0 Å². The van der Waals surface area contributed by atoms with Gasteiger partial charge in [0.1, 0.15) is 0 Å². The van der Waals surface area contributed by atoms with E-state index in [2.05, 4.69) is 10.3 Å². The van der Waals surface area contributed by atoms with Crippen molar-refractivity contribution in [2.75, 3.05) is 12.4 Å². The number of anilines is 1. The second-order valence-electron chi connectivity index (χ2n) is 5.58. The Morgan fingerprint density at radius 1 is 1.40 bits per heavy atom. The molecule has 1 unspecified atom stereocenters. The number of benzene rings is 1. The lowest BCUT2D eigenvalue weighted by Crippen LogP contribution is -2.46. The molecular formula is C16H18F3N3O3. The topological polar surface area (TPSA) is 76.4 Å². The molecule has 2 rings (SSSR count). The van der Waals surface area contributed by atoms with Crippen molar-refractivity contribution in [3.8, 4) is 0 Å². The summed E-state index contributed by atoms with van der Waals surface area (Å²) in [5.41, 5.74) is -2.33. The highest BCUT2D eigenvalue weighted by Crippen LogP contribution is 2.40. The normalized spacial score (nSPS) is 14.2. The number of carbonyl (C=O) groups excluding carboxylic acids is 1. The number of aryl methyl sites for hydroxylation is 1. The van der Waals surface area contributed by atoms with E-state index in [9.17, 15) is 23.1 Å². The summed E-state index contributed by atoms with van der Waals surface area (Å²) in [4.78, 5) is 15.7. The van der Waals surface area contributed by atoms with E-state index >= 15 is 0 Å².